The molecule has 12 heteroatoms. The third kappa shape index (κ3) is 6.29. The number of nitrogens with one attached hydrogen (secondary N) is 1. The molecule has 2 unspecified atom stereocenters. The summed E-state index contributed by atoms with van der Waals surface area (Å²) in [7, 11) is 1.73. The molecule has 0 fully saturated rings. The maximum atomic E-state index is 12.5. The van der Waals surface area contributed by atoms with Crippen molar-refractivity contribution in [2.45, 2.75) is 25.3 Å². The summed E-state index contributed by atoms with van der Waals surface area (Å²) >= 11 is 17.6. The van der Waals surface area contributed by atoms with E-state index in [-0.39, 0.29) is 17.8 Å². The number of hydrogen-bond donors (Lipinski definition) is 1. The summed E-state index contributed by atoms with van der Waals surface area (Å²) in [6.07, 6.45) is -1.81. The van der Waals surface area contributed by atoms with Crippen LogP contribution in [0.1, 0.15) is 34.8 Å². The molecule has 2 atom stereocenters. The second-order valence-electron chi connectivity index (χ2n) is 9.00. The van der Waals surface area contributed by atoms with Gasteiger partial charge in [-0.1, -0.05) is 52.6 Å². The number of ether oxygens (including phenoxy) is 1. The number of thiocarbonyl (C=S) groups is 1. The zero-order valence-corrected chi connectivity index (χ0v) is 22.7. The average Bonchev–Trinajstić information content (AvgIpc) is 3.33. The van der Waals surface area contributed by atoms with Gasteiger partial charge in [-0.25, -0.2) is 5.01 Å². The molecule has 39 heavy (non-hydrogen) atoms. The van der Waals surface area contributed by atoms with Gasteiger partial charge in [0.2, 0.25) is 0 Å². The number of alkyl halides is 3. The fraction of sp³-hybridized carbons (Fsp3) is 0.222. The lowest BCUT2D eigenvalue weighted by atomic mass is 9.78. The zero-order chi connectivity index (χ0) is 27.7. The Balaban J connectivity index is 1.24. The molecule has 0 radical (unpaired) electrons. The molecule has 6 nitrogen and oxygen atoms in total. The summed E-state index contributed by atoms with van der Waals surface area (Å²) in [4.78, 5) is 5.74. The second-order valence-corrected chi connectivity index (χ2v) is 10.2. The summed E-state index contributed by atoms with van der Waals surface area (Å²) < 4.78 is 41.4. The van der Waals surface area contributed by atoms with Crippen LogP contribution in [-0.4, -0.2) is 35.5 Å². The van der Waals surface area contributed by atoms with Crippen LogP contribution in [0.5, 0.6) is 5.75 Å². The van der Waals surface area contributed by atoms with Gasteiger partial charge in [-0.2, -0.15) is 5.10 Å². The van der Waals surface area contributed by atoms with Crippen LogP contribution in [0.15, 0.2) is 70.9 Å². The van der Waals surface area contributed by atoms with Gasteiger partial charge >= 0.3 is 6.36 Å². The maximum absolute atomic E-state index is 12.5. The highest BCUT2D eigenvalue weighted by atomic mass is 35.5. The van der Waals surface area contributed by atoms with E-state index in [1.807, 2.05) is 12.1 Å². The van der Waals surface area contributed by atoms with Crippen LogP contribution < -0.4 is 10.1 Å². The van der Waals surface area contributed by atoms with E-state index in [9.17, 15) is 13.2 Å². The minimum Gasteiger partial charge on any atom is -0.406 e. The van der Waals surface area contributed by atoms with Crippen molar-refractivity contribution in [2.24, 2.45) is 16.2 Å². The number of oxime groups is 1. The second kappa shape index (κ2) is 11.0. The first-order valence-electron chi connectivity index (χ1n) is 11.8. The van der Waals surface area contributed by atoms with E-state index < -0.39 is 6.36 Å². The van der Waals surface area contributed by atoms with Crippen molar-refractivity contribution < 1.29 is 22.7 Å². The quantitative estimate of drug-likeness (QED) is 0.188. The van der Waals surface area contributed by atoms with Crippen LogP contribution in [-0.2, 0) is 11.3 Å². The molecule has 202 valence electrons. The first kappa shape index (κ1) is 27.2. The number of hydrogen-bond acceptors (Lipinski definition) is 5. The van der Waals surface area contributed by atoms with E-state index in [1.54, 1.807) is 43.6 Å². The molecular formula is C27H21Cl2F3N4O2S. The summed E-state index contributed by atoms with van der Waals surface area (Å²) in [5, 5.41) is 14.7. The molecule has 0 aromatic heterocycles. The number of benzene rings is 3. The fourth-order valence-electron chi connectivity index (χ4n) is 4.54. The Morgan fingerprint density at radius 3 is 2.64 bits per heavy atom. The molecule has 1 aliphatic carbocycles. The van der Waals surface area contributed by atoms with E-state index in [2.05, 4.69) is 26.4 Å². The van der Waals surface area contributed by atoms with Gasteiger partial charge in [0.25, 0.3) is 0 Å². The topological polar surface area (TPSA) is 58.5 Å². The first-order chi connectivity index (χ1) is 18.6. The third-order valence-electron chi connectivity index (χ3n) is 6.40. The zero-order valence-electron chi connectivity index (χ0n) is 20.4. The lowest BCUT2D eigenvalue weighted by molar-refractivity contribution is -0.274. The van der Waals surface area contributed by atoms with E-state index >= 15 is 0 Å². The van der Waals surface area contributed by atoms with Gasteiger partial charge in [-0.3, -0.25) is 0 Å². The van der Waals surface area contributed by atoms with Gasteiger partial charge < -0.3 is 14.9 Å². The van der Waals surface area contributed by atoms with Crippen LogP contribution in [0.3, 0.4) is 0 Å². The Morgan fingerprint density at radius 2 is 1.92 bits per heavy atom. The molecule has 0 saturated carbocycles. The Morgan fingerprint density at radius 1 is 1.15 bits per heavy atom. The van der Waals surface area contributed by atoms with Crippen molar-refractivity contribution in [3.63, 3.8) is 0 Å². The minimum absolute atomic E-state index is 0.000625. The van der Waals surface area contributed by atoms with Crippen molar-refractivity contribution in [1.82, 2.24) is 5.01 Å². The summed E-state index contributed by atoms with van der Waals surface area (Å²) in [5.74, 6) is -0.273. The third-order valence-corrected chi connectivity index (χ3v) is 7.31. The highest BCUT2D eigenvalue weighted by Crippen LogP contribution is 2.42. The lowest BCUT2D eigenvalue weighted by Gasteiger charge is -2.25. The molecule has 1 N–H and O–H groups in total. The lowest BCUT2D eigenvalue weighted by Crippen LogP contribution is -2.27. The number of anilines is 1. The number of nitrogens with zero attached hydrogens (tertiary/aromatic N) is 3. The van der Waals surface area contributed by atoms with Gasteiger partial charge in [0.1, 0.15) is 5.75 Å². The molecular weight excluding hydrogens is 572 g/mol. The van der Waals surface area contributed by atoms with E-state index in [4.69, 9.17) is 40.3 Å². The summed E-state index contributed by atoms with van der Waals surface area (Å²) in [6, 6.07) is 16.8. The molecule has 0 amide bonds. The highest BCUT2D eigenvalue weighted by molar-refractivity contribution is 7.80. The average molecular weight is 593 g/mol. The van der Waals surface area contributed by atoms with Gasteiger partial charge in [0.05, 0.1) is 22.6 Å². The van der Waals surface area contributed by atoms with Crippen molar-refractivity contribution in [3.05, 3.63) is 93.0 Å². The van der Waals surface area contributed by atoms with E-state index in [0.29, 0.717) is 20.8 Å². The Bertz CT molecular complexity index is 1460. The SMILES string of the molecule is CN(/N=C/c1ccc2c(c1)CCC1C2=NOC1c1ccc(OC(F)(F)F)cc1)C(=S)Nc1ccc(Cl)cc1Cl. The number of rotatable bonds is 5. The Hall–Kier alpha value is -3.34. The van der Waals surface area contributed by atoms with Crippen LogP contribution >= 0.6 is 35.4 Å². The molecule has 1 heterocycles. The van der Waals surface area contributed by atoms with Crippen LogP contribution in [0.2, 0.25) is 10.0 Å². The highest BCUT2D eigenvalue weighted by Gasteiger charge is 2.39. The van der Waals surface area contributed by atoms with Gasteiger partial charge in [0, 0.05) is 23.6 Å². The minimum atomic E-state index is -4.73. The van der Waals surface area contributed by atoms with Crippen molar-refractivity contribution in [2.75, 3.05) is 12.4 Å². The van der Waals surface area contributed by atoms with Crippen molar-refractivity contribution in [3.8, 4) is 5.75 Å². The Labute approximate surface area is 238 Å². The molecule has 3 aromatic rings. The van der Waals surface area contributed by atoms with Crippen molar-refractivity contribution >= 4 is 58.1 Å². The van der Waals surface area contributed by atoms with Gasteiger partial charge in [-0.05, 0) is 78.1 Å². The molecule has 5 rings (SSSR count). The normalized spacial score (nSPS) is 18.2. The van der Waals surface area contributed by atoms with E-state index in [0.717, 1.165) is 40.8 Å². The number of hydrazone groups is 1. The smallest absolute Gasteiger partial charge is 0.406 e. The molecule has 3 aromatic carbocycles. The first-order valence-corrected chi connectivity index (χ1v) is 13.0. The predicted octanol–water partition coefficient (Wildman–Crippen LogP) is 7.59. The molecule has 2 aliphatic rings. The monoisotopic (exact) mass is 592 g/mol. The number of aryl methyl sites for hydroxylation is 1. The van der Waals surface area contributed by atoms with Crippen LogP contribution in [0.25, 0.3) is 0 Å². The molecule has 0 saturated heterocycles. The number of halogens is 5. The van der Waals surface area contributed by atoms with Gasteiger partial charge in [-0.15, -0.1) is 13.2 Å². The maximum Gasteiger partial charge on any atom is 0.573 e. The molecule has 0 spiro atoms. The molecule has 1 aliphatic heterocycles. The van der Waals surface area contributed by atoms with Crippen LogP contribution in [0, 0.1) is 5.92 Å². The summed E-state index contributed by atoms with van der Waals surface area (Å²) in [6.45, 7) is 0. The van der Waals surface area contributed by atoms with Crippen LogP contribution in [0.4, 0.5) is 18.9 Å². The van der Waals surface area contributed by atoms with Gasteiger partial charge in [0.15, 0.2) is 11.2 Å². The predicted molar refractivity (Wildman–Crippen MR) is 150 cm³/mol. The largest absolute Gasteiger partial charge is 0.573 e. The fourth-order valence-corrected chi connectivity index (χ4v) is 5.15. The molecule has 0 bridgehead atoms. The summed E-state index contributed by atoms with van der Waals surface area (Å²) in [5.41, 5.74) is 5.20. The standard InChI is InChI=1S/C27H21Cl2F3N4O2S/c1-36(26(39)34-23-11-6-18(28)13-22(23)29)33-14-15-2-9-20-17(12-15)5-10-21-24(20)35-38-25(21)16-3-7-19(8-4-16)37-27(30,31)32/h2-4,6-9,11-14,21,25H,5,10H2,1H3,(H,34,39)/b33-14+. The number of fused-ring (bicyclic) bond motifs is 3. The Kier molecular flexibility index (Phi) is 7.70. The van der Waals surface area contributed by atoms with Crippen molar-refractivity contribution in [1.29, 1.82) is 0 Å². The van der Waals surface area contributed by atoms with E-state index in [1.165, 1.54) is 17.1 Å².